The number of aryl methyl sites for hydroxylation is 1. The van der Waals surface area contributed by atoms with Crippen LogP contribution in [0.5, 0.6) is 23.1 Å². The number of carbonyl (C=O) groups is 1. The Hall–Kier alpha value is -4.70. The van der Waals surface area contributed by atoms with E-state index < -0.39 is 12.1 Å². The van der Waals surface area contributed by atoms with Gasteiger partial charge >= 0.3 is 12.1 Å². The van der Waals surface area contributed by atoms with E-state index in [1.165, 1.54) is 0 Å². The molecule has 0 amide bonds. The molecule has 13 nitrogen and oxygen atoms in total. The van der Waals surface area contributed by atoms with Crippen molar-refractivity contribution in [1.82, 2.24) is 24.8 Å². The molecule has 0 saturated heterocycles. The highest BCUT2D eigenvalue weighted by atomic mass is 19.4. The van der Waals surface area contributed by atoms with E-state index >= 15 is 0 Å². The summed E-state index contributed by atoms with van der Waals surface area (Å²) in [6.45, 7) is 6.56. The van der Waals surface area contributed by atoms with Gasteiger partial charge in [-0.3, -0.25) is 10.2 Å². The number of hydrogen-bond acceptors (Lipinski definition) is 12. The minimum atomic E-state index is -5.08. The van der Waals surface area contributed by atoms with Gasteiger partial charge < -0.3 is 29.5 Å². The second-order valence-corrected chi connectivity index (χ2v) is 8.84. The maximum atomic E-state index is 10.6. The third kappa shape index (κ3) is 8.65. The quantitative estimate of drug-likeness (QED) is 0.194. The lowest BCUT2D eigenvalue weighted by molar-refractivity contribution is -0.192. The number of benzene rings is 2. The molecule has 0 radical (unpaired) electrons. The molecule has 0 aliphatic carbocycles. The van der Waals surface area contributed by atoms with Crippen LogP contribution in [0.4, 0.5) is 25.1 Å². The number of fused-ring (bicyclic) bond motifs is 2. The van der Waals surface area contributed by atoms with E-state index in [2.05, 4.69) is 30.2 Å². The zero-order valence-electron chi connectivity index (χ0n) is 23.8. The second-order valence-electron chi connectivity index (χ2n) is 8.84. The van der Waals surface area contributed by atoms with Crippen LogP contribution in [0, 0.1) is 6.92 Å². The number of carboxylic acids is 1. The molecule has 0 unspecified atom stereocenters. The van der Waals surface area contributed by atoms with E-state index in [9.17, 15) is 18.3 Å². The number of nitrogens with zero attached hydrogens (tertiary/aromatic N) is 5. The Morgan fingerprint density at radius 2 is 1.65 bits per heavy atom. The van der Waals surface area contributed by atoms with Crippen molar-refractivity contribution in [1.29, 1.82) is 0 Å². The van der Waals surface area contributed by atoms with Crippen LogP contribution in [-0.4, -0.2) is 99.4 Å². The molecule has 2 aromatic heterocycles. The molecule has 0 aliphatic rings. The molecular weight excluding hydrogens is 577 g/mol. The third-order valence-electron chi connectivity index (χ3n) is 6.04. The number of methoxy groups -OCH3 is 2. The standard InChI is InChI=1S/C25H30N6O5.C2HF3O2/c1-5-31(8-10-32)9-11-36-16-6-7-20-19(12-16)23(33)29-25(27-20)30-24-26-15(2)18-13-17(34-3)14-21(35-4)22(18)28-24;3-2(4,5)1(6)7/h6-7,12-14,32H,5,8-11H2,1-4H3,(H2,26,27,28,29,30,33);(H,6,7). The van der Waals surface area contributed by atoms with Gasteiger partial charge in [0.2, 0.25) is 17.8 Å². The van der Waals surface area contributed by atoms with Crippen LogP contribution in [-0.2, 0) is 4.79 Å². The highest BCUT2D eigenvalue weighted by Gasteiger charge is 2.38. The van der Waals surface area contributed by atoms with Gasteiger partial charge in [-0.05, 0) is 37.7 Å². The number of hydrogen-bond donors (Lipinski definition) is 4. The van der Waals surface area contributed by atoms with Gasteiger partial charge in [0.25, 0.3) is 0 Å². The first-order chi connectivity index (χ1) is 20.4. The molecule has 4 N–H and O–H groups in total. The minimum Gasteiger partial charge on any atom is -0.497 e. The Morgan fingerprint density at radius 3 is 2.26 bits per heavy atom. The van der Waals surface area contributed by atoms with Crippen molar-refractivity contribution < 1.29 is 47.5 Å². The average molecular weight is 609 g/mol. The first kappa shape index (κ1) is 32.8. The van der Waals surface area contributed by atoms with Crippen LogP contribution >= 0.6 is 0 Å². The number of anilines is 2. The van der Waals surface area contributed by atoms with Crippen molar-refractivity contribution >= 4 is 39.7 Å². The molecule has 0 aliphatic heterocycles. The molecular formula is C27H31F3N6O7. The topological polar surface area (TPSA) is 172 Å². The summed E-state index contributed by atoms with van der Waals surface area (Å²) in [5.41, 5.74) is 1.86. The van der Waals surface area contributed by atoms with Gasteiger partial charge in [0.05, 0.1) is 37.4 Å². The van der Waals surface area contributed by atoms with Crippen molar-refractivity contribution in [3.8, 4) is 23.1 Å². The van der Waals surface area contributed by atoms with Crippen molar-refractivity contribution in [3.63, 3.8) is 0 Å². The van der Waals surface area contributed by atoms with E-state index in [4.69, 9.17) is 29.2 Å². The van der Waals surface area contributed by atoms with Gasteiger partial charge in [0.15, 0.2) is 0 Å². The van der Waals surface area contributed by atoms with Gasteiger partial charge in [-0.2, -0.15) is 18.2 Å². The SMILES string of the molecule is CCN(CCO)CCOc1ccc2nc(Nc3nc(C)c4cc(OC)cc(OC)c4n3)nc(O)c2c1.O=C(O)C(F)(F)F. The molecule has 0 saturated carbocycles. The summed E-state index contributed by atoms with van der Waals surface area (Å²) < 4.78 is 48.4. The third-order valence-corrected chi connectivity index (χ3v) is 6.04. The van der Waals surface area contributed by atoms with Crippen molar-refractivity contribution in [2.24, 2.45) is 0 Å². The van der Waals surface area contributed by atoms with Crippen LogP contribution in [0.25, 0.3) is 21.8 Å². The zero-order chi connectivity index (χ0) is 31.7. The molecule has 0 bridgehead atoms. The number of alkyl halides is 3. The van der Waals surface area contributed by atoms with Crippen molar-refractivity contribution in [2.75, 3.05) is 52.4 Å². The van der Waals surface area contributed by atoms with E-state index in [-0.39, 0.29) is 24.4 Å². The normalized spacial score (nSPS) is 11.3. The Kier molecular flexibility index (Phi) is 11.0. The molecule has 0 atom stereocenters. The van der Waals surface area contributed by atoms with Gasteiger partial charge in [0.1, 0.15) is 29.4 Å². The Morgan fingerprint density at radius 1 is 0.977 bits per heavy atom. The van der Waals surface area contributed by atoms with E-state index in [0.717, 1.165) is 11.9 Å². The van der Waals surface area contributed by atoms with Gasteiger partial charge in [-0.15, -0.1) is 0 Å². The predicted octanol–water partition coefficient (Wildman–Crippen LogP) is 3.67. The number of likely N-dealkylation sites (N-methyl/N-ethyl adjacent to an activating group) is 1. The fraction of sp³-hybridized carbons (Fsp3) is 0.370. The minimum absolute atomic E-state index is 0.109. The number of aliphatic carboxylic acids is 1. The second kappa shape index (κ2) is 14.5. The summed E-state index contributed by atoms with van der Waals surface area (Å²) in [5, 5.41) is 31.1. The number of aromatic hydroxyl groups is 1. The van der Waals surface area contributed by atoms with Crippen LogP contribution in [0.1, 0.15) is 12.6 Å². The smallest absolute Gasteiger partial charge is 0.490 e. The first-order valence-electron chi connectivity index (χ1n) is 12.8. The van der Waals surface area contributed by atoms with E-state index in [1.54, 1.807) is 38.5 Å². The molecule has 2 aromatic carbocycles. The summed E-state index contributed by atoms with van der Waals surface area (Å²) in [6, 6.07) is 8.84. The molecule has 2 heterocycles. The zero-order valence-corrected chi connectivity index (χ0v) is 23.8. The number of nitrogens with one attached hydrogen (secondary N) is 1. The van der Waals surface area contributed by atoms with Gasteiger partial charge in [-0.25, -0.2) is 19.7 Å². The summed E-state index contributed by atoms with van der Waals surface area (Å²) in [4.78, 5) is 28.7. The number of rotatable bonds is 11. The van der Waals surface area contributed by atoms with E-state index in [0.29, 0.717) is 59.1 Å². The van der Waals surface area contributed by atoms with Crippen LogP contribution in [0.15, 0.2) is 30.3 Å². The molecule has 4 rings (SSSR count). The molecule has 16 heteroatoms. The van der Waals surface area contributed by atoms with Crippen LogP contribution in [0.3, 0.4) is 0 Å². The lowest BCUT2D eigenvalue weighted by Crippen LogP contribution is -2.30. The highest BCUT2D eigenvalue weighted by molar-refractivity contribution is 5.89. The number of aliphatic hydroxyl groups excluding tert-OH is 1. The molecule has 0 fully saturated rings. The number of carboxylic acid groups (broad SMARTS) is 1. The van der Waals surface area contributed by atoms with Crippen LogP contribution < -0.4 is 19.5 Å². The lowest BCUT2D eigenvalue weighted by atomic mass is 10.1. The largest absolute Gasteiger partial charge is 0.497 e. The highest BCUT2D eigenvalue weighted by Crippen LogP contribution is 2.33. The fourth-order valence-corrected chi connectivity index (χ4v) is 3.85. The maximum absolute atomic E-state index is 10.6. The summed E-state index contributed by atoms with van der Waals surface area (Å²) in [5.74, 6) is -0.737. The van der Waals surface area contributed by atoms with E-state index in [1.807, 2.05) is 19.9 Å². The fourth-order valence-electron chi connectivity index (χ4n) is 3.85. The monoisotopic (exact) mass is 608 g/mol. The molecule has 43 heavy (non-hydrogen) atoms. The average Bonchev–Trinajstić information content (AvgIpc) is 2.96. The Bertz CT molecular complexity index is 1570. The number of aromatic nitrogens is 4. The van der Waals surface area contributed by atoms with Crippen molar-refractivity contribution in [2.45, 2.75) is 20.0 Å². The van der Waals surface area contributed by atoms with Crippen LogP contribution in [0.2, 0.25) is 0 Å². The molecule has 0 spiro atoms. The van der Waals surface area contributed by atoms with Crippen molar-refractivity contribution in [3.05, 3.63) is 36.0 Å². The number of ether oxygens (including phenoxy) is 3. The predicted molar refractivity (Wildman–Crippen MR) is 150 cm³/mol. The summed E-state index contributed by atoms with van der Waals surface area (Å²) in [7, 11) is 3.15. The molecule has 4 aromatic rings. The summed E-state index contributed by atoms with van der Waals surface area (Å²) >= 11 is 0. The number of aliphatic hydroxyl groups is 1. The maximum Gasteiger partial charge on any atom is 0.490 e. The van der Waals surface area contributed by atoms with Gasteiger partial charge in [-0.1, -0.05) is 6.92 Å². The van der Waals surface area contributed by atoms with Gasteiger partial charge in [0, 0.05) is 24.5 Å². The Balaban J connectivity index is 0.000000646. The summed E-state index contributed by atoms with van der Waals surface area (Å²) in [6.07, 6.45) is -5.08. The molecule has 232 valence electrons. The Labute approximate surface area is 243 Å². The lowest BCUT2D eigenvalue weighted by Gasteiger charge is -2.19. The number of halogens is 3. The first-order valence-corrected chi connectivity index (χ1v) is 12.8.